The van der Waals surface area contributed by atoms with E-state index in [1.54, 1.807) is 6.20 Å². The van der Waals surface area contributed by atoms with Crippen LogP contribution in [0, 0.1) is 0 Å². The third-order valence-corrected chi connectivity index (χ3v) is 6.35. The molecule has 3 aromatic rings. The van der Waals surface area contributed by atoms with Crippen LogP contribution in [0.3, 0.4) is 0 Å². The summed E-state index contributed by atoms with van der Waals surface area (Å²) in [7, 11) is 0. The van der Waals surface area contributed by atoms with Gasteiger partial charge in [-0.2, -0.15) is 0 Å². The number of nitrogens with one attached hydrogen (secondary N) is 1. The third kappa shape index (κ3) is 10.4. The number of likely N-dealkylation sites (tertiary alicyclic amines) is 1. The molecule has 9 nitrogen and oxygen atoms in total. The van der Waals surface area contributed by atoms with Crippen molar-refractivity contribution < 1.29 is 35.3 Å². The second kappa shape index (κ2) is 17.9. The molecule has 0 aliphatic carbocycles. The van der Waals surface area contributed by atoms with Gasteiger partial charge in [0.2, 0.25) is 5.95 Å². The molecule has 10 heteroatoms. The number of hydrogen-bond acceptors (Lipinski definition) is 9. The number of nitrogens with two attached hydrogens (primary N) is 2. The third-order valence-electron chi connectivity index (χ3n) is 6.35. The van der Waals surface area contributed by atoms with Crippen molar-refractivity contribution >= 4 is 11.6 Å². The van der Waals surface area contributed by atoms with Crippen molar-refractivity contribution in [3.63, 3.8) is 0 Å². The number of nitrogens with zero attached hydrogens (tertiary/aromatic N) is 3. The average Bonchev–Trinajstić information content (AvgIpc) is 3.49. The summed E-state index contributed by atoms with van der Waals surface area (Å²) in [6.45, 7) is 7.18. The molecule has 0 spiro atoms. The van der Waals surface area contributed by atoms with Crippen LogP contribution in [0.5, 0.6) is 5.75 Å². The van der Waals surface area contributed by atoms with Crippen LogP contribution < -0.4 is 21.5 Å². The molecule has 6 bridgehead atoms. The molecule has 2 aliphatic heterocycles. The first kappa shape index (κ1) is 31.9. The van der Waals surface area contributed by atoms with Crippen molar-refractivity contribution in [1.82, 2.24) is 14.9 Å². The van der Waals surface area contributed by atoms with Crippen molar-refractivity contribution in [3.8, 4) is 17.0 Å². The summed E-state index contributed by atoms with van der Waals surface area (Å²) >= 11 is 0. The average molecular weight is 728 g/mol. The van der Waals surface area contributed by atoms with Gasteiger partial charge in [0.15, 0.2) is 0 Å². The molecule has 2 aromatic carbocycles. The van der Waals surface area contributed by atoms with Gasteiger partial charge in [-0.3, -0.25) is 4.90 Å². The Morgan fingerprint density at radius 3 is 2.48 bits per heavy atom. The van der Waals surface area contributed by atoms with E-state index >= 15 is 0 Å². The molecule has 2 aliphatic rings. The SMILES string of the molecule is C1=C/COCc2cc(ccc2OCCN2CCCC2)Nc2nccc(n2)-c2cccc(c2)COC/1.NCCN.[Pt]. The molecule has 0 radical (unpaired) electrons. The van der Waals surface area contributed by atoms with Crippen molar-refractivity contribution in [2.75, 3.05) is 57.9 Å². The zero-order chi connectivity index (χ0) is 27.1. The maximum atomic E-state index is 6.16. The zero-order valence-corrected chi connectivity index (χ0v) is 25.1. The fourth-order valence-corrected chi connectivity index (χ4v) is 4.35. The number of hydrogen-bond donors (Lipinski definition) is 3. The standard InChI is InChI=1S/C28H32N4O3.C2H8N2.Pt/c1-2-13-32(12-1)14-17-35-27-9-8-25-19-24(27)21-34-16-4-3-15-33-20-22-6-5-7-23(18-22)26-10-11-29-28(30-25)31-26;3-1-2-4;/h3-11,18-19H,1-2,12-17,20-21H2,(H,29,30,31);1-4H2;/b4-3+;;. The van der Waals surface area contributed by atoms with E-state index < -0.39 is 0 Å². The van der Waals surface area contributed by atoms with Crippen molar-refractivity contribution in [3.05, 3.63) is 78.0 Å². The van der Waals surface area contributed by atoms with Crippen LogP contribution in [0.1, 0.15) is 24.0 Å². The van der Waals surface area contributed by atoms with Crippen LogP contribution in [-0.4, -0.2) is 67.4 Å². The molecule has 1 fully saturated rings. The Balaban J connectivity index is 0.000000828. The maximum absolute atomic E-state index is 6.16. The first-order valence-electron chi connectivity index (χ1n) is 13.6. The molecule has 3 heterocycles. The molecular formula is C30H40N6O3Pt. The molecule has 40 heavy (non-hydrogen) atoms. The fourth-order valence-electron chi connectivity index (χ4n) is 4.35. The second-order valence-corrected chi connectivity index (χ2v) is 9.39. The van der Waals surface area contributed by atoms with Gasteiger partial charge < -0.3 is 31.0 Å². The van der Waals surface area contributed by atoms with Crippen LogP contribution in [0.4, 0.5) is 11.6 Å². The number of benzene rings is 2. The summed E-state index contributed by atoms with van der Waals surface area (Å²) < 4.78 is 17.9. The van der Waals surface area contributed by atoms with E-state index in [2.05, 4.69) is 39.5 Å². The monoisotopic (exact) mass is 727 g/mol. The van der Waals surface area contributed by atoms with Gasteiger partial charge in [0.05, 0.1) is 32.1 Å². The van der Waals surface area contributed by atoms with E-state index in [1.807, 2.05) is 36.4 Å². The van der Waals surface area contributed by atoms with E-state index in [-0.39, 0.29) is 21.1 Å². The summed E-state index contributed by atoms with van der Waals surface area (Å²) in [5.74, 6) is 1.39. The summed E-state index contributed by atoms with van der Waals surface area (Å²) in [5, 5.41) is 3.34. The first-order valence-corrected chi connectivity index (χ1v) is 13.6. The zero-order valence-electron chi connectivity index (χ0n) is 22.9. The Kier molecular flexibility index (Phi) is 14.3. The fraction of sp³-hybridized carbons (Fsp3) is 0.400. The van der Waals surface area contributed by atoms with E-state index in [4.69, 9.17) is 30.7 Å². The van der Waals surface area contributed by atoms with Gasteiger partial charge in [0.25, 0.3) is 0 Å². The minimum atomic E-state index is 0. The quantitative estimate of drug-likeness (QED) is 0.337. The molecule has 0 saturated carbocycles. The van der Waals surface area contributed by atoms with Gasteiger partial charge in [-0.25, -0.2) is 9.97 Å². The Morgan fingerprint density at radius 1 is 0.925 bits per heavy atom. The molecule has 218 valence electrons. The molecule has 0 unspecified atom stereocenters. The van der Waals surface area contributed by atoms with Gasteiger partial charge in [-0.05, 0) is 61.8 Å². The minimum Gasteiger partial charge on any atom is -0.492 e. The predicted molar refractivity (Wildman–Crippen MR) is 155 cm³/mol. The van der Waals surface area contributed by atoms with Gasteiger partial charge in [0, 0.05) is 63.7 Å². The molecular weight excluding hydrogens is 687 g/mol. The van der Waals surface area contributed by atoms with Crippen LogP contribution in [0.25, 0.3) is 11.3 Å². The number of rotatable bonds is 5. The summed E-state index contributed by atoms with van der Waals surface area (Å²) in [6, 6.07) is 16.2. The topological polar surface area (TPSA) is 121 Å². The Bertz CT molecular complexity index is 1190. The number of anilines is 2. The van der Waals surface area contributed by atoms with Gasteiger partial charge in [0.1, 0.15) is 12.4 Å². The van der Waals surface area contributed by atoms with E-state index in [0.717, 1.165) is 40.4 Å². The summed E-state index contributed by atoms with van der Waals surface area (Å²) in [4.78, 5) is 11.6. The Hall–Kier alpha value is -2.65. The molecule has 1 aromatic heterocycles. The molecule has 5 rings (SSSR count). The Morgan fingerprint density at radius 2 is 1.70 bits per heavy atom. The molecule has 0 atom stereocenters. The smallest absolute Gasteiger partial charge is 0.227 e. The van der Waals surface area contributed by atoms with Crippen LogP contribution in [0.15, 0.2) is 66.9 Å². The van der Waals surface area contributed by atoms with E-state index in [1.165, 1.54) is 25.9 Å². The summed E-state index contributed by atoms with van der Waals surface area (Å²) in [6.07, 6.45) is 8.33. The molecule has 1 saturated heterocycles. The van der Waals surface area contributed by atoms with Gasteiger partial charge in [-0.15, -0.1) is 0 Å². The maximum Gasteiger partial charge on any atom is 0.227 e. The largest absolute Gasteiger partial charge is 0.492 e. The van der Waals surface area contributed by atoms with E-state index in [9.17, 15) is 0 Å². The normalized spacial score (nSPS) is 16.2. The molecule has 0 amide bonds. The number of ether oxygens (including phenoxy) is 3. The van der Waals surface area contributed by atoms with Gasteiger partial charge >= 0.3 is 0 Å². The van der Waals surface area contributed by atoms with Gasteiger partial charge in [-0.1, -0.05) is 30.4 Å². The van der Waals surface area contributed by atoms with Crippen molar-refractivity contribution in [2.45, 2.75) is 26.1 Å². The van der Waals surface area contributed by atoms with Crippen molar-refractivity contribution in [1.29, 1.82) is 0 Å². The van der Waals surface area contributed by atoms with E-state index in [0.29, 0.717) is 52.1 Å². The predicted octanol–water partition coefficient (Wildman–Crippen LogP) is 3.87. The van der Waals surface area contributed by atoms with Crippen molar-refractivity contribution in [2.24, 2.45) is 11.5 Å². The second-order valence-electron chi connectivity index (χ2n) is 9.39. The van der Waals surface area contributed by atoms with Crippen LogP contribution in [-0.2, 0) is 43.8 Å². The Labute approximate surface area is 251 Å². The molecule has 5 N–H and O–H groups in total. The summed E-state index contributed by atoms with van der Waals surface area (Å²) in [5.41, 5.74) is 14.7. The number of aromatic nitrogens is 2. The van der Waals surface area contributed by atoms with Crippen LogP contribution >= 0.6 is 0 Å². The van der Waals surface area contributed by atoms with Crippen LogP contribution in [0.2, 0.25) is 0 Å². The first-order chi connectivity index (χ1) is 19.2. The number of fused-ring (bicyclic) bond motifs is 7. The minimum absolute atomic E-state index is 0.